The number of nitrogens with one attached hydrogen (secondary N) is 1. The van der Waals surface area contributed by atoms with Gasteiger partial charge in [-0.2, -0.15) is 0 Å². The summed E-state index contributed by atoms with van der Waals surface area (Å²) in [7, 11) is 0. The van der Waals surface area contributed by atoms with E-state index >= 15 is 0 Å². The second kappa shape index (κ2) is 60.9. The summed E-state index contributed by atoms with van der Waals surface area (Å²) in [6.45, 7) is 4.96. The number of allylic oxidation sites excluding steroid dienone is 4. The van der Waals surface area contributed by atoms with Gasteiger partial charge in [-0.05, 0) is 57.8 Å². The van der Waals surface area contributed by atoms with Crippen molar-refractivity contribution in [1.29, 1.82) is 0 Å². The van der Waals surface area contributed by atoms with Gasteiger partial charge in [0.25, 0.3) is 0 Å². The van der Waals surface area contributed by atoms with Crippen molar-refractivity contribution >= 4 is 11.9 Å². The molecule has 71 heavy (non-hydrogen) atoms. The minimum Gasteiger partial charge on any atom is -0.466 e. The molecule has 3 N–H and O–H groups in total. The lowest BCUT2D eigenvalue weighted by Gasteiger charge is -2.22. The molecule has 0 aliphatic heterocycles. The number of aliphatic hydroxyl groups is 2. The van der Waals surface area contributed by atoms with Gasteiger partial charge in [-0.1, -0.05) is 308 Å². The average molecular weight is 1000 g/mol. The van der Waals surface area contributed by atoms with E-state index in [0.29, 0.717) is 25.9 Å². The number of carbonyl (C=O) groups is 2. The highest BCUT2D eigenvalue weighted by Gasteiger charge is 2.20. The molecular formula is C65H125NO5. The molecule has 6 heteroatoms. The molecule has 0 aromatic heterocycles. The van der Waals surface area contributed by atoms with Crippen LogP contribution in [0.4, 0.5) is 0 Å². The van der Waals surface area contributed by atoms with Crippen molar-refractivity contribution in [3.05, 3.63) is 24.3 Å². The Morgan fingerprint density at radius 1 is 0.394 bits per heavy atom. The summed E-state index contributed by atoms with van der Waals surface area (Å²) in [5.41, 5.74) is 0. The van der Waals surface area contributed by atoms with Crippen LogP contribution in [0.5, 0.6) is 0 Å². The minimum atomic E-state index is -0.664. The van der Waals surface area contributed by atoms with Gasteiger partial charge in [-0.25, -0.2) is 0 Å². The molecule has 0 aromatic rings. The average Bonchev–Trinajstić information content (AvgIpc) is 3.37. The van der Waals surface area contributed by atoms with Crippen LogP contribution in [0, 0.1) is 0 Å². The van der Waals surface area contributed by atoms with Gasteiger partial charge >= 0.3 is 5.97 Å². The van der Waals surface area contributed by atoms with E-state index in [1.807, 2.05) is 0 Å². The van der Waals surface area contributed by atoms with Crippen molar-refractivity contribution in [3.8, 4) is 0 Å². The lowest BCUT2D eigenvalue weighted by Crippen LogP contribution is -2.45. The Kier molecular flexibility index (Phi) is 59.5. The number of aliphatic hydroxyl groups excluding tert-OH is 2. The quantitative estimate of drug-likeness (QED) is 0.0320. The number of carbonyl (C=O) groups excluding carboxylic acids is 2. The Labute approximate surface area is 443 Å². The van der Waals surface area contributed by atoms with Gasteiger partial charge in [0.2, 0.25) is 5.91 Å². The molecule has 0 bridgehead atoms. The number of hydrogen-bond donors (Lipinski definition) is 3. The van der Waals surface area contributed by atoms with Crippen molar-refractivity contribution in [2.45, 2.75) is 366 Å². The summed E-state index contributed by atoms with van der Waals surface area (Å²) < 4.78 is 5.49. The topological polar surface area (TPSA) is 95.9 Å². The highest BCUT2D eigenvalue weighted by Crippen LogP contribution is 2.18. The Morgan fingerprint density at radius 2 is 0.704 bits per heavy atom. The van der Waals surface area contributed by atoms with Gasteiger partial charge in [-0.3, -0.25) is 9.59 Å². The lowest BCUT2D eigenvalue weighted by atomic mass is 10.0. The maximum Gasteiger partial charge on any atom is 0.305 e. The van der Waals surface area contributed by atoms with Crippen molar-refractivity contribution in [2.75, 3.05) is 13.2 Å². The van der Waals surface area contributed by atoms with Crippen molar-refractivity contribution < 1.29 is 24.5 Å². The molecule has 2 unspecified atom stereocenters. The fourth-order valence-electron chi connectivity index (χ4n) is 10.1. The third kappa shape index (κ3) is 57.5. The summed E-state index contributed by atoms with van der Waals surface area (Å²) in [6.07, 6.45) is 74.9. The van der Waals surface area contributed by atoms with Crippen LogP contribution < -0.4 is 5.32 Å². The fourth-order valence-corrected chi connectivity index (χ4v) is 10.1. The van der Waals surface area contributed by atoms with Crippen LogP contribution in [-0.4, -0.2) is 47.4 Å². The van der Waals surface area contributed by atoms with Crippen LogP contribution in [0.3, 0.4) is 0 Å². The Balaban J connectivity index is 3.38. The zero-order chi connectivity index (χ0) is 51.4. The van der Waals surface area contributed by atoms with Crippen LogP contribution in [0.1, 0.15) is 354 Å². The van der Waals surface area contributed by atoms with E-state index in [1.165, 1.54) is 276 Å². The van der Waals surface area contributed by atoms with Crippen LogP contribution >= 0.6 is 0 Å². The Bertz CT molecular complexity index is 1110. The van der Waals surface area contributed by atoms with Crippen LogP contribution in [0.2, 0.25) is 0 Å². The zero-order valence-electron chi connectivity index (χ0n) is 48.0. The van der Waals surface area contributed by atoms with Crippen molar-refractivity contribution in [3.63, 3.8) is 0 Å². The number of esters is 1. The fraction of sp³-hybridized carbons (Fsp3) is 0.908. The highest BCUT2D eigenvalue weighted by atomic mass is 16.5. The van der Waals surface area contributed by atoms with E-state index < -0.39 is 12.1 Å². The lowest BCUT2D eigenvalue weighted by molar-refractivity contribution is -0.143. The molecule has 0 saturated carbocycles. The van der Waals surface area contributed by atoms with Crippen LogP contribution in [0.25, 0.3) is 0 Å². The molecule has 420 valence electrons. The summed E-state index contributed by atoms with van der Waals surface area (Å²) in [4.78, 5) is 24.5. The first-order valence-electron chi connectivity index (χ1n) is 32.1. The van der Waals surface area contributed by atoms with E-state index in [9.17, 15) is 19.8 Å². The van der Waals surface area contributed by atoms with E-state index in [0.717, 1.165) is 44.9 Å². The third-order valence-corrected chi connectivity index (χ3v) is 15.0. The van der Waals surface area contributed by atoms with Gasteiger partial charge < -0.3 is 20.3 Å². The van der Waals surface area contributed by atoms with Gasteiger partial charge in [0.1, 0.15) is 0 Å². The molecule has 0 aliphatic carbocycles. The van der Waals surface area contributed by atoms with Crippen LogP contribution in [-0.2, 0) is 14.3 Å². The minimum absolute atomic E-state index is 0.0144. The first kappa shape index (κ1) is 69.3. The molecule has 0 saturated heterocycles. The first-order valence-corrected chi connectivity index (χ1v) is 32.1. The normalized spacial score (nSPS) is 12.7. The first-order chi connectivity index (χ1) is 35.0. The molecule has 0 spiro atoms. The maximum atomic E-state index is 12.4. The summed E-state index contributed by atoms with van der Waals surface area (Å²) >= 11 is 0. The largest absolute Gasteiger partial charge is 0.466 e. The SMILES string of the molecule is CCCCCCCCCCCCCCCCCCC(=O)OCCCCCCCCCCC/C=C\C/C=C\CCCCCCCCCCCCCC(=O)NC(CO)C(O)CCCCCCCCCCCCC. The molecular weight excluding hydrogens is 875 g/mol. The Hall–Kier alpha value is -1.66. The number of unbranched alkanes of at least 4 members (excludes halogenated alkanes) is 45. The number of rotatable bonds is 60. The molecule has 0 aliphatic rings. The van der Waals surface area contributed by atoms with Gasteiger partial charge in [0, 0.05) is 12.8 Å². The predicted octanol–water partition coefficient (Wildman–Crippen LogP) is 20.2. The van der Waals surface area contributed by atoms with Gasteiger partial charge in [0.15, 0.2) is 0 Å². The molecule has 0 fully saturated rings. The Morgan fingerprint density at radius 3 is 1.07 bits per heavy atom. The second-order valence-corrected chi connectivity index (χ2v) is 22.1. The molecule has 0 heterocycles. The summed E-state index contributed by atoms with van der Waals surface area (Å²) in [5, 5.41) is 23.2. The zero-order valence-corrected chi connectivity index (χ0v) is 48.0. The third-order valence-electron chi connectivity index (χ3n) is 15.0. The number of hydrogen-bond acceptors (Lipinski definition) is 5. The molecule has 1 amide bonds. The van der Waals surface area contributed by atoms with Crippen LogP contribution in [0.15, 0.2) is 24.3 Å². The van der Waals surface area contributed by atoms with E-state index in [-0.39, 0.29) is 18.5 Å². The van der Waals surface area contributed by atoms with E-state index in [1.54, 1.807) is 0 Å². The van der Waals surface area contributed by atoms with Crippen molar-refractivity contribution in [2.24, 2.45) is 0 Å². The smallest absolute Gasteiger partial charge is 0.305 e. The molecule has 0 rings (SSSR count). The highest BCUT2D eigenvalue weighted by molar-refractivity contribution is 5.76. The van der Waals surface area contributed by atoms with E-state index in [4.69, 9.17) is 4.74 Å². The van der Waals surface area contributed by atoms with Gasteiger partial charge in [-0.15, -0.1) is 0 Å². The molecule has 0 radical (unpaired) electrons. The second-order valence-electron chi connectivity index (χ2n) is 22.1. The summed E-state index contributed by atoms with van der Waals surface area (Å²) in [5.74, 6) is -0.0236. The molecule has 0 aromatic carbocycles. The standard InChI is InChI=1S/C65H125NO5/c1-3-5-7-9-11-13-15-16-17-32-35-39-43-47-51-55-59-65(70)71-60-56-52-48-44-40-36-33-30-28-26-24-22-20-18-19-21-23-25-27-29-31-34-38-42-46-50-54-58-64(69)66-62(61-67)63(68)57-53-49-45-41-37-14-12-10-8-6-4-2/h18-19,22,24,62-63,67-68H,3-17,20-21,23,25-61H2,1-2H3,(H,66,69)/b19-18-,24-22-. The van der Waals surface area contributed by atoms with Crippen molar-refractivity contribution in [1.82, 2.24) is 5.32 Å². The molecule has 6 nitrogen and oxygen atoms in total. The van der Waals surface area contributed by atoms with E-state index in [2.05, 4.69) is 43.5 Å². The molecule has 2 atom stereocenters. The number of amides is 1. The number of ether oxygens (including phenoxy) is 1. The monoisotopic (exact) mass is 1000 g/mol. The van der Waals surface area contributed by atoms with Gasteiger partial charge in [0.05, 0.1) is 25.4 Å². The predicted molar refractivity (Wildman–Crippen MR) is 310 cm³/mol. The summed E-state index contributed by atoms with van der Waals surface area (Å²) in [6, 6.07) is -0.542. The maximum absolute atomic E-state index is 12.4.